The predicted octanol–water partition coefficient (Wildman–Crippen LogP) is 3.00. The van der Waals surface area contributed by atoms with Gasteiger partial charge in [0.05, 0.1) is 11.1 Å². The van der Waals surface area contributed by atoms with Gasteiger partial charge in [0.15, 0.2) is 0 Å². The van der Waals surface area contributed by atoms with Gasteiger partial charge in [-0.05, 0) is 37.0 Å². The highest BCUT2D eigenvalue weighted by molar-refractivity contribution is 7.14. The van der Waals surface area contributed by atoms with Crippen molar-refractivity contribution in [1.29, 1.82) is 0 Å². The lowest BCUT2D eigenvalue weighted by Gasteiger charge is -1.97. The number of hydrogen-bond acceptors (Lipinski definition) is 3. The van der Waals surface area contributed by atoms with Gasteiger partial charge in [0.2, 0.25) is 5.78 Å². The van der Waals surface area contributed by atoms with Gasteiger partial charge in [0, 0.05) is 16.6 Å². The van der Waals surface area contributed by atoms with Crippen LogP contribution in [-0.4, -0.2) is 10.8 Å². The Bertz CT molecular complexity index is 569. The van der Waals surface area contributed by atoms with Crippen molar-refractivity contribution < 1.29 is 9.18 Å². The fourth-order valence-corrected chi connectivity index (χ4v) is 3.33. The SMILES string of the molecule is O=C(c1cncc(F)c1)c1cc2c(s1)CCC2. The molecular formula is C13H10FNOS. The fraction of sp³-hybridized carbons (Fsp3) is 0.231. The lowest BCUT2D eigenvalue weighted by atomic mass is 10.1. The highest BCUT2D eigenvalue weighted by Crippen LogP contribution is 2.31. The molecule has 2 aromatic rings. The van der Waals surface area contributed by atoms with Crippen LogP contribution in [0.2, 0.25) is 0 Å². The highest BCUT2D eigenvalue weighted by Gasteiger charge is 2.19. The average Bonchev–Trinajstić information content (AvgIpc) is 2.88. The first kappa shape index (κ1) is 10.6. The van der Waals surface area contributed by atoms with Gasteiger partial charge in [-0.25, -0.2) is 4.39 Å². The van der Waals surface area contributed by atoms with Gasteiger partial charge in [-0.2, -0.15) is 0 Å². The molecule has 0 saturated heterocycles. The molecule has 0 radical (unpaired) electrons. The highest BCUT2D eigenvalue weighted by atomic mass is 32.1. The van der Waals surface area contributed by atoms with E-state index in [1.807, 2.05) is 6.07 Å². The number of ketones is 1. The summed E-state index contributed by atoms with van der Waals surface area (Å²) in [7, 11) is 0. The van der Waals surface area contributed by atoms with Crippen molar-refractivity contribution in [2.24, 2.45) is 0 Å². The zero-order valence-corrected chi connectivity index (χ0v) is 9.89. The Morgan fingerprint density at radius 3 is 2.94 bits per heavy atom. The van der Waals surface area contributed by atoms with Gasteiger partial charge in [-0.3, -0.25) is 9.78 Å². The molecule has 0 unspecified atom stereocenters. The molecule has 0 atom stereocenters. The van der Waals surface area contributed by atoms with E-state index in [0.29, 0.717) is 10.4 Å². The Hall–Kier alpha value is -1.55. The Kier molecular flexibility index (Phi) is 2.52. The van der Waals surface area contributed by atoms with E-state index >= 15 is 0 Å². The maximum atomic E-state index is 13.0. The molecule has 0 aromatic carbocycles. The first-order valence-corrected chi connectivity index (χ1v) is 6.32. The molecular weight excluding hydrogens is 237 g/mol. The number of halogens is 1. The van der Waals surface area contributed by atoms with E-state index in [4.69, 9.17) is 0 Å². The monoisotopic (exact) mass is 247 g/mol. The molecule has 3 rings (SSSR count). The molecule has 2 heterocycles. The first-order valence-electron chi connectivity index (χ1n) is 5.51. The summed E-state index contributed by atoms with van der Waals surface area (Å²) in [5.74, 6) is -0.601. The summed E-state index contributed by atoms with van der Waals surface area (Å²) < 4.78 is 13.0. The summed E-state index contributed by atoms with van der Waals surface area (Å²) in [6, 6.07) is 3.18. The summed E-state index contributed by atoms with van der Waals surface area (Å²) in [6.45, 7) is 0. The number of fused-ring (bicyclic) bond motifs is 1. The van der Waals surface area contributed by atoms with E-state index < -0.39 is 5.82 Å². The van der Waals surface area contributed by atoms with Crippen LogP contribution < -0.4 is 0 Å². The maximum absolute atomic E-state index is 13.0. The first-order chi connectivity index (χ1) is 8.24. The van der Waals surface area contributed by atoms with Crippen LogP contribution in [0.15, 0.2) is 24.5 Å². The van der Waals surface area contributed by atoms with Gasteiger partial charge in [0.1, 0.15) is 5.82 Å². The van der Waals surface area contributed by atoms with Crippen molar-refractivity contribution >= 4 is 17.1 Å². The molecule has 0 bridgehead atoms. The van der Waals surface area contributed by atoms with Crippen LogP contribution in [0, 0.1) is 5.82 Å². The van der Waals surface area contributed by atoms with Crippen molar-refractivity contribution in [3.8, 4) is 0 Å². The second-order valence-electron chi connectivity index (χ2n) is 4.13. The molecule has 0 amide bonds. The van der Waals surface area contributed by atoms with E-state index in [0.717, 1.165) is 19.0 Å². The van der Waals surface area contributed by atoms with Crippen LogP contribution in [0.5, 0.6) is 0 Å². The molecule has 2 aromatic heterocycles. The van der Waals surface area contributed by atoms with Crippen LogP contribution in [0.3, 0.4) is 0 Å². The Morgan fingerprint density at radius 1 is 1.29 bits per heavy atom. The smallest absolute Gasteiger partial charge is 0.204 e. The topological polar surface area (TPSA) is 30.0 Å². The molecule has 0 N–H and O–H groups in total. The molecule has 0 spiro atoms. The molecule has 17 heavy (non-hydrogen) atoms. The molecule has 0 aliphatic heterocycles. The van der Waals surface area contributed by atoms with Crippen LogP contribution in [-0.2, 0) is 12.8 Å². The second-order valence-corrected chi connectivity index (χ2v) is 5.27. The van der Waals surface area contributed by atoms with Crippen LogP contribution in [0.1, 0.15) is 32.1 Å². The van der Waals surface area contributed by atoms with E-state index in [9.17, 15) is 9.18 Å². The molecule has 1 aliphatic carbocycles. The lowest BCUT2D eigenvalue weighted by molar-refractivity contribution is 0.104. The zero-order chi connectivity index (χ0) is 11.8. The number of aromatic nitrogens is 1. The number of aryl methyl sites for hydroxylation is 2. The van der Waals surface area contributed by atoms with Gasteiger partial charge < -0.3 is 0 Å². The fourth-order valence-electron chi connectivity index (χ4n) is 2.12. The molecule has 4 heteroatoms. The van der Waals surface area contributed by atoms with E-state index in [2.05, 4.69) is 4.98 Å². The van der Waals surface area contributed by atoms with Crippen molar-refractivity contribution in [3.63, 3.8) is 0 Å². The third kappa shape index (κ3) is 1.89. The van der Waals surface area contributed by atoms with Crippen molar-refractivity contribution in [2.75, 3.05) is 0 Å². The normalized spacial score (nSPS) is 13.7. The molecule has 86 valence electrons. The number of carbonyl (C=O) groups is 1. The summed E-state index contributed by atoms with van der Waals surface area (Å²) in [5.41, 5.74) is 1.60. The molecule has 0 fully saturated rings. The molecule has 2 nitrogen and oxygen atoms in total. The third-order valence-corrected chi connectivity index (χ3v) is 4.17. The summed E-state index contributed by atoms with van der Waals surface area (Å²) in [6.07, 6.45) is 5.81. The minimum absolute atomic E-state index is 0.128. The number of rotatable bonds is 2. The standard InChI is InChI=1S/C13H10FNOS/c14-10-4-9(6-15-7-10)13(16)12-5-8-2-1-3-11(8)17-12/h4-7H,1-3H2. The maximum Gasteiger partial charge on any atom is 0.204 e. The van der Waals surface area contributed by atoms with E-state index in [1.54, 1.807) is 0 Å². The Morgan fingerprint density at radius 2 is 2.18 bits per heavy atom. The minimum Gasteiger partial charge on any atom is -0.288 e. The van der Waals surface area contributed by atoms with Gasteiger partial charge >= 0.3 is 0 Å². The van der Waals surface area contributed by atoms with E-state index in [-0.39, 0.29) is 5.78 Å². The largest absolute Gasteiger partial charge is 0.288 e. The van der Waals surface area contributed by atoms with Crippen molar-refractivity contribution in [1.82, 2.24) is 4.98 Å². The number of carbonyl (C=O) groups excluding carboxylic acids is 1. The quantitative estimate of drug-likeness (QED) is 0.764. The van der Waals surface area contributed by atoms with Crippen molar-refractivity contribution in [2.45, 2.75) is 19.3 Å². The Labute approximate surface area is 102 Å². The molecule has 1 aliphatic rings. The zero-order valence-electron chi connectivity index (χ0n) is 9.07. The van der Waals surface area contributed by atoms with Gasteiger partial charge in [-0.1, -0.05) is 0 Å². The summed E-state index contributed by atoms with van der Waals surface area (Å²) in [4.78, 5) is 17.8. The number of hydrogen-bond donors (Lipinski definition) is 0. The third-order valence-electron chi connectivity index (χ3n) is 2.94. The lowest BCUT2D eigenvalue weighted by Crippen LogP contribution is -2.00. The Balaban J connectivity index is 1.96. The van der Waals surface area contributed by atoms with Gasteiger partial charge in [0.25, 0.3) is 0 Å². The predicted molar refractivity (Wildman–Crippen MR) is 64.0 cm³/mol. The number of thiophene rings is 1. The van der Waals surface area contributed by atoms with E-state index in [1.165, 1.54) is 40.5 Å². The van der Waals surface area contributed by atoms with Crippen LogP contribution >= 0.6 is 11.3 Å². The van der Waals surface area contributed by atoms with Gasteiger partial charge in [-0.15, -0.1) is 11.3 Å². The van der Waals surface area contributed by atoms with Crippen molar-refractivity contribution in [3.05, 3.63) is 51.2 Å². The summed E-state index contributed by atoms with van der Waals surface area (Å²) >= 11 is 1.53. The summed E-state index contributed by atoms with van der Waals surface area (Å²) in [5, 5.41) is 0. The number of pyridine rings is 1. The average molecular weight is 247 g/mol. The van der Waals surface area contributed by atoms with Crippen LogP contribution in [0.25, 0.3) is 0 Å². The molecule has 0 saturated carbocycles. The van der Waals surface area contributed by atoms with Crippen LogP contribution in [0.4, 0.5) is 4.39 Å². The second kappa shape index (κ2) is 4.04. The number of nitrogens with zero attached hydrogens (tertiary/aromatic N) is 1. The minimum atomic E-state index is -0.472.